The number of aryl methyl sites for hydroxylation is 1. The molecule has 0 aromatic heterocycles. The third-order valence-electron chi connectivity index (χ3n) is 3.16. The largest absolute Gasteiger partial charge is 0.494 e. The lowest BCUT2D eigenvalue weighted by atomic mass is 10.1. The molecule has 21 heavy (non-hydrogen) atoms. The first-order valence-electron chi connectivity index (χ1n) is 6.96. The van der Waals surface area contributed by atoms with Gasteiger partial charge in [0.15, 0.2) is 0 Å². The van der Waals surface area contributed by atoms with Crippen LogP contribution in [0, 0.1) is 6.92 Å². The summed E-state index contributed by atoms with van der Waals surface area (Å²) in [6.45, 7) is 4.50. The first-order valence-corrected chi connectivity index (χ1v) is 6.96. The van der Waals surface area contributed by atoms with Crippen molar-refractivity contribution >= 4 is 17.3 Å². The van der Waals surface area contributed by atoms with Crippen molar-refractivity contribution < 1.29 is 9.53 Å². The molecule has 0 aliphatic carbocycles. The van der Waals surface area contributed by atoms with Crippen molar-refractivity contribution in [2.75, 3.05) is 17.7 Å². The number of carbonyl (C=O) groups is 1. The van der Waals surface area contributed by atoms with Crippen LogP contribution in [0.25, 0.3) is 0 Å². The molecule has 0 atom stereocenters. The van der Waals surface area contributed by atoms with Crippen LogP contribution >= 0.6 is 0 Å². The zero-order chi connectivity index (χ0) is 15.2. The Hall–Kier alpha value is -2.49. The van der Waals surface area contributed by atoms with Gasteiger partial charge in [-0.15, -0.1) is 0 Å². The van der Waals surface area contributed by atoms with E-state index in [0.29, 0.717) is 24.4 Å². The maximum absolute atomic E-state index is 12.0. The minimum Gasteiger partial charge on any atom is -0.494 e. The van der Waals surface area contributed by atoms with Gasteiger partial charge in [-0.25, -0.2) is 0 Å². The second kappa shape index (κ2) is 6.79. The highest BCUT2D eigenvalue weighted by atomic mass is 16.5. The van der Waals surface area contributed by atoms with Crippen LogP contribution in [-0.4, -0.2) is 12.5 Å². The number of rotatable bonds is 5. The Morgan fingerprint density at radius 2 is 1.90 bits per heavy atom. The van der Waals surface area contributed by atoms with E-state index in [-0.39, 0.29) is 5.91 Å². The smallest absolute Gasteiger partial charge is 0.228 e. The van der Waals surface area contributed by atoms with Gasteiger partial charge < -0.3 is 15.8 Å². The Balaban J connectivity index is 1.96. The van der Waals surface area contributed by atoms with E-state index in [1.54, 1.807) is 6.07 Å². The van der Waals surface area contributed by atoms with Crippen molar-refractivity contribution in [2.45, 2.75) is 20.3 Å². The fraction of sp³-hybridized carbons (Fsp3) is 0.235. The summed E-state index contributed by atoms with van der Waals surface area (Å²) in [5.41, 5.74) is 9.16. The van der Waals surface area contributed by atoms with Gasteiger partial charge in [0.05, 0.1) is 13.0 Å². The van der Waals surface area contributed by atoms with E-state index < -0.39 is 0 Å². The van der Waals surface area contributed by atoms with Crippen molar-refractivity contribution in [1.29, 1.82) is 0 Å². The molecule has 4 nitrogen and oxygen atoms in total. The topological polar surface area (TPSA) is 64.3 Å². The first-order chi connectivity index (χ1) is 10.1. The Bertz CT molecular complexity index is 621. The Morgan fingerprint density at radius 1 is 1.19 bits per heavy atom. The van der Waals surface area contributed by atoms with Gasteiger partial charge in [-0.05, 0) is 49.2 Å². The molecular formula is C17H20N2O2. The summed E-state index contributed by atoms with van der Waals surface area (Å²) in [6.07, 6.45) is 0.320. The highest BCUT2D eigenvalue weighted by Crippen LogP contribution is 2.17. The van der Waals surface area contributed by atoms with Crippen LogP contribution in [0.4, 0.5) is 11.4 Å². The van der Waals surface area contributed by atoms with Crippen LogP contribution in [-0.2, 0) is 11.2 Å². The predicted molar refractivity (Wildman–Crippen MR) is 85.5 cm³/mol. The molecule has 2 rings (SSSR count). The average molecular weight is 284 g/mol. The monoisotopic (exact) mass is 284 g/mol. The van der Waals surface area contributed by atoms with Crippen LogP contribution in [0.3, 0.4) is 0 Å². The molecule has 0 aliphatic heterocycles. The summed E-state index contributed by atoms with van der Waals surface area (Å²) in [7, 11) is 0. The summed E-state index contributed by atoms with van der Waals surface area (Å²) in [5.74, 6) is 0.746. The minimum absolute atomic E-state index is 0.0672. The van der Waals surface area contributed by atoms with E-state index in [9.17, 15) is 4.79 Å². The van der Waals surface area contributed by atoms with Crippen LogP contribution in [0.5, 0.6) is 5.75 Å². The van der Waals surface area contributed by atoms with Gasteiger partial charge >= 0.3 is 0 Å². The number of nitrogen functional groups attached to an aromatic ring is 1. The van der Waals surface area contributed by atoms with E-state index >= 15 is 0 Å². The molecule has 0 aliphatic rings. The van der Waals surface area contributed by atoms with Crippen LogP contribution in [0.1, 0.15) is 18.1 Å². The predicted octanol–water partition coefficient (Wildman–Crippen LogP) is 3.16. The highest BCUT2D eigenvalue weighted by molar-refractivity contribution is 5.92. The van der Waals surface area contributed by atoms with Crippen molar-refractivity contribution in [3.05, 3.63) is 53.6 Å². The molecule has 110 valence electrons. The molecular weight excluding hydrogens is 264 g/mol. The number of benzene rings is 2. The van der Waals surface area contributed by atoms with E-state index in [4.69, 9.17) is 10.5 Å². The van der Waals surface area contributed by atoms with Crippen molar-refractivity contribution in [2.24, 2.45) is 0 Å². The molecule has 0 spiro atoms. The molecule has 2 aromatic carbocycles. The van der Waals surface area contributed by atoms with Gasteiger partial charge in [0, 0.05) is 11.4 Å². The number of hydrogen-bond acceptors (Lipinski definition) is 3. The van der Waals surface area contributed by atoms with Crippen LogP contribution < -0.4 is 15.8 Å². The first kappa shape index (κ1) is 14.9. The molecule has 4 heteroatoms. The van der Waals surface area contributed by atoms with Gasteiger partial charge in [-0.3, -0.25) is 4.79 Å². The van der Waals surface area contributed by atoms with E-state index in [1.807, 2.05) is 50.2 Å². The van der Waals surface area contributed by atoms with Crippen molar-refractivity contribution in [3.8, 4) is 5.75 Å². The second-order valence-corrected chi connectivity index (χ2v) is 4.87. The average Bonchev–Trinajstić information content (AvgIpc) is 2.45. The SMILES string of the molecule is CCOc1ccc(CC(=O)Nc2ccc(C)c(N)c2)cc1. The number of carbonyl (C=O) groups excluding carboxylic acids is 1. The van der Waals surface area contributed by atoms with E-state index in [0.717, 1.165) is 16.9 Å². The zero-order valence-corrected chi connectivity index (χ0v) is 12.3. The lowest BCUT2D eigenvalue weighted by Gasteiger charge is -2.08. The molecule has 2 aromatic rings. The molecule has 0 bridgehead atoms. The molecule has 1 amide bonds. The molecule has 0 fully saturated rings. The molecule has 0 unspecified atom stereocenters. The quantitative estimate of drug-likeness (QED) is 0.829. The Morgan fingerprint density at radius 3 is 2.52 bits per heavy atom. The van der Waals surface area contributed by atoms with Gasteiger partial charge in [0.2, 0.25) is 5.91 Å². The van der Waals surface area contributed by atoms with E-state index in [1.165, 1.54) is 0 Å². The van der Waals surface area contributed by atoms with Crippen molar-refractivity contribution in [3.63, 3.8) is 0 Å². The maximum atomic E-state index is 12.0. The molecule has 0 saturated heterocycles. The standard InChI is InChI=1S/C17H20N2O2/c1-3-21-15-8-5-13(6-9-15)10-17(20)19-14-7-4-12(2)16(18)11-14/h4-9,11H,3,10,18H2,1-2H3,(H,19,20). The fourth-order valence-corrected chi connectivity index (χ4v) is 1.98. The fourth-order valence-electron chi connectivity index (χ4n) is 1.98. The van der Waals surface area contributed by atoms with Crippen LogP contribution in [0.15, 0.2) is 42.5 Å². The summed E-state index contributed by atoms with van der Waals surface area (Å²) < 4.78 is 5.37. The number of ether oxygens (including phenoxy) is 1. The number of nitrogens with one attached hydrogen (secondary N) is 1. The third kappa shape index (κ3) is 4.24. The molecule has 0 heterocycles. The van der Waals surface area contributed by atoms with Gasteiger partial charge in [-0.1, -0.05) is 18.2 Å². The summed E-state index contributed by atoms with van der Waals surface area (Å²) in [5, 5.41) is 2.85. The highest BCUT2D eigenvalue weighted by Gasteiger charge is 2.05. The number of anilines is 2. The lowest BCUT2D eigenvalue weighted by molar-refractivity contribution is -0.115. The van der Waals surface area contributed by atoms with Gasteiger partial charge in [0.25, 0.3) is 0 Å². The summed E-state index contributed by atoms with van der Waals surface area (Å²) in [4.78, 5) is 12.0. The molecule has 3 N–H and O–H groups in total. The molecule has 0 saturated carbocycles. The number of hydrogen-bond donors (Lipinski definition) is 2. The second-order valence-electron chi connectivity index (χ2n) is 4.87. The third-order valence-corrected chi connectivity index (χ3v) is 3.16. The Labute approximate surface area is 124 Å². The van der Waals surface area contributed by atoms with Crippen LogP contribution in [0.2, 0.25) is 0 Å². The number of amides is 1. The lowest BCUT2D eigenvalue weighted by Crippen LogP contribution is -2.14. The van der Waals surface area contributed by atoms with Gasteiger partial charge in [0.1, 0.15) is 5.75 Å². The Kier molecular flexibility index (Phi) is 4.82. The normalized spacial score (nSPS) is 10.2. The summed E-state index contributed by atoms with van der Waals surface area (Å²) in [6, 6.07) is 13.0. The maximum Gasteiger partial charge on any atom is 0.228 e. The minimum atomic E-state index is -0.0672. The van der Waals surface area contributed by atoms with Crippen molar-refractivity contribution in [1.82, 2.24) is 0 Å². The molecule has 0 radical (unpaired) electrons. The number of nitrogens with two attached hydrogens (primary N) is 1. The summed E-state index contributed by atoms with van der Waals surface area (Å²) >= 11 is 0. The van der Waals surface area contributed by atoms with Gasteiger partial charge in [-0.2, -0.15) is 0 Å². The van der Waals surface area contributed by atoms with E-state index in [2.05, 4.69) is 5.32 Å². The zero-order valence-electron chi connectivity index (χ0n) is 12.3.